The second-order valence-electron chi connectivity index (χ2n) is 11.3. The standard InChI is InChI=1S/C28H42N4O6/c1-19(21(3)15-28(7,8)17-36-18-33)13-20(2)23-16-29-24(37-23)14-22(31-26(35)38-27(4,5)6)25(34)32-12-10-9-11-30-32/h13,16,18,22,30H,1,3,9-12,14-15,17H2,2,4-8H3,(H,31,35)/b20-13+/t22-/m0/s1. The number of nitrogens with one attached hydrogen (secondary N) is 2. The first kappa shape index (κ1) is 30.8. The normalized spacial score (nSPS) is 15.4. The summed E-state index contributed by atoms with van der Waals surface area (Å²) in [6.45, 7) is 21.3. The lowest BCUT2D eigenvalue weighted by molar-refractivity contribution is -0.138. The zero-order valence-electron chi connectivity index (χ0n) is 23.5. The van der Waals surface area contributed by atoms with Gasteiger partial charge >= 0.3 is 6.09 Å². The van der Waals surface area contributed by atoms with Crippen molar-refractivity contribution in [1.29, 1.82) is 0 Å². The van der Waals surface area contributed by atoms with Crippen LogP contribution in [0, 0.1) is 5.41 Å². The van der Waals surface area contributed by atoms with Gasteiger partial charge in [0.25, 0.3) is 12.4 Å². The van der Waals surface area contributed by atoms with E-state index >= 15 is 0 Å². The number of hydrogen-bond acceptors (Lipinski definition) is 8. The molecule has 10 nitrogen and oxygen atoms in total. The Balaban J connectivity index is 2.12. The molecule has 0 spiro atoms. The molecule has 210 valence electrons. The van der Waals surface area contributed by atoms with Crippen molar-refractivity contribution < 1.29 is 28.3 Å². The van der Waals surface area contributed by atoms with E-state index < -0.39 is 17.7 Å². The lowest BCUT2D eigenvalue weighted by Gasteiger charge is -2.31. The van der Waals surface area contributed by atoms with Gasteiger partial charge in [0.15, 0.2) is 5.89 Å². The van der Waals surface area contributed by atoms with Crippen LogP contribution in [-0.2, 0) is 25.5 Å². The minimum absolute atomic E-state index is 0.0577. The Kier molecular flexibility index (Phi) is 10.9. The summed E-state index contributed by atoms with van der Waals surface area (Å²) >= 11 is 0. The molecule has 2 N–H and O–H groups in total. The highest BCUT2D eigenvalue weighted by Crippen LogP contribution is 2.29. The number of hydrogen-bond donors (Lipinski definition) is 2. The summed E-state index contributed by atoms with van der Waals surface area (Å²) in [6.07, 6.45) is 5.24. The van der Waals surface area contributed by atoms with E-state index in [1.165, 1.54) is 5.01 Å². The number of carbonyl (C=O) groups excluding carboxylic acids is 3. The number of ether oxygens (including phenoxy) is 2. The Morgan fingerprint density at radius 3 is 2.58 bits per heavy atom. The van der Waals surface area contributed by atoms with E-state index in [9.17, 15) is 14.4 Å². The lowest BCUT2D eigenvalue weighted by Crippen LogP contribution is -2.56. The molecular formula is C28H42N4O6. The lowest BCUT2D eigenvalue weighted by atomic mass is 9.84. The van der Waals surface area contributed by atoms with Gasteiger partial charge in [0, 0.05) is 18.5 Å². The van der Waals surface area contributed by atoms with Crippen molar-refractivity contribution in [2.45, 2.75) is 78.9 Å². The molecule has 2 amide bonds. The number of alkyl carbamates (subject to hydrolysis) is 1. The predicted molar refractivity (Wildman–Crippen MR) is 145 cm³/mol. The van der Waals surface area contributed by atoms with Crippen LogP contribution in [0.1, 0.15) is 72.5 Å². The molecule has 1 atom stereocenters. The first-order valence-electron chi connectivity index (χ1n) is 12.8. The smallest absolute Gasteiger partial charge is 0.408 e. The van der Waals surface area contributed by atoms with Crippen LogP contribution in [0.15, 0.2) is 41.0 Å². The number of carbonyl (C=O) groups is 3. The summed E-state index contributed by atoms with van der Waals surface area (Å²) in [5.41, 5.74) is 4.39. The van der Waals surface area contributed by atoms with E-state index in [1.807, 2.05) is 26.8 Å². The Bertz CT molecular complexity index is 1040. The minimum atomic E-state index is -0.920. The fourth-order valence-corrected chi connectivity index (χ4v) is 3.91. The maximum atomic E-state index is 13.2. The third-order valence-electron chi connectivity index (χ3n) is 5.77. The Morgan fingerprint density at radius 2 is 1.97 bits per heavy atom. The zero-order valence-corrected chi connectivity index (χ0v) is 23.5. The summed E-state index contributed by atoms with van der Waals surface area (Å²) in [7, 11) is 0. The molecule has 0 radical (unpaired) electrons. The maximum Gasteiger partial charge on any atom is 0.408 e. The number of allylic oxidation sites excluding steroid dienone is 4. The first-order valence-corrected chi connectivity index (χ1v) is 12.8. The van der Waals surface area contributed by atoms with Crippen LogP contribution in [0.2, 0.25) is 0 Å². The topological polar surface area (TPSA) is 123 Å². The van der Waals surface area contributed by atoms with Crippen LogP contribution >= 0.6 is 0 Å². The zero-order chi connectivity index (χ0) is 28.5. The minimum Gasteiger partial charge on any atom is -0.467 e. The van der Waals surface area contributed by atoms with Crippen LogP contribution in [0.25, 0.3) is 5.57 Å². The van der Waals surface area contributed by atoms with Crippen LogP contribution in [-0.4, -0.2) is 59.8 Å². The van der Waals surface area contributed by atoms with Crippen molar-refractivity contribution in [3.8, 4) is 0 Å². The number of amides is 2. The number of oxazole rings is 1. The van der Waals surface area contributed by atoms with Gasteiger partial charge in [-0.25, -0.2) is 15.2 Å². The molecule has 38 heavy (non-hydrogen) atoms. The summed E-state index contributed by atoms with van der Waals surface area (Å²) in [5.74, 6) is 0.529. The monoisotopic (exact) mass is 530 g/mol. The van der Waals surface area contributed by atoms with Gasteiger partial charge in [-0.3, -0.25) is 14.6 Å². The van der Waals surface area contributed by atoms with Gasteiger partial charge < -0.3 is 19.2 Å². The second kappa shape index (κ2) is 13.4. The van der Waals surface area contributed by atoms with E-state index in [4.69, 9.17) is 13.9 Å². The molecule has 1 aromatic rings. The summed E-state index contributed by atoms with van der Waals surface area (Å²) < 4.78 is 16.2. The van der Waals surface area contributed by atoms with Crippen molar-refractivity contribution in [3.63, 3.8) is 0 Å². The molecule has 1 fully saturated rings. The van der Waals surface area contributed by atoms with E-state index in [1.54, 1.807) is 27.0 Å². The largest absolute Gasteiger partial charge is 0.467 e. The molecule has 0 aliphatic carbocycles. The molecular weight excluding hydrogens is 488 g/mol. The third-order valence-corrected chi connectivity index (χ3v) is 5.77. The van der Waals surface area contributed by atoms with E-state index in [0.29, 0.717) is 37.6 Å². The molecule has 1 aromatic heterocycles. The molecule has 10 heteroatoms. The van der Waals surface area contributed by atoms with E-state index in [2.05, 4.69) is 28.9 Å². The molecule has 1 aliphatic rings. The number of aromatic nitrogens is 1. The Morgan fingerprint density at radius 1 is 1.26 bits per heavy atom. The van der Waals surface area contributed by atoms with Gasteiger partial charge in [-0.05, 0) is 69.8 Å². The molecule has 1 saturated heterocycles. The summed E-state index contributed by atoms with van der Waals surface area (Å²) in [4.78, 5) is 40.6. The van der Waals surface area contributed by atoms with E-state index in [0.717, 1.165) is 29.6 Å². The van der Waals surface area contributed by atoms with Crippen LogP contribution < -0.4 is 10.7 Å². The third kappa shape index (κ3) is 10.2. The van der Waals surface area contributed by atoms with Crippen molar-refractivity contribution in [2.75, 3.05) is 19.7 Å². The number of rotatable bonds is 12. The van der Waals surface area contributed by atoms with Gasteiger partial charge in [-0.15, -0.1) is 0 Å². The van der Waals surface area contributed by atoms with Crippen molar-refractivity contribution in [2.24, 2.45) is 5.41 Å². The quantitative estimate of drug-likeness (QED) is 0.302. The fraction of sp³-hybridized carbons (Fsp3) is 0.571. The highest BCUT2D eigenvalue weighted by atomic mass is 16.6. The maximum absolute atomic E-state index is 13.2. The molecule has 0 saturated carbocycles. The summed E-state index contributed by atoms with van der Waals surface area (Å²) in [6, 6.07) is -0.920. The molecule has 1 aliphatic heterocycles. The van der Waals surface area contributed by atoms with Crippen molar-refractivity contribution >= 4 is 24.0 Å². The number of hydrazine groups is 1. The van der Waals surface area contributed by atoms with Gasteiger partial charge in [0.2, 0.25) is 0 Å². The SMILES string of the molecule is C=C(/C=C(\C)c1cnc(C[C@H](NC(=O)OC(C)(C)C)C(=O)N2CCCCN2)o1)C(=C)CC(C)(C)COC=O. The van der Waals surface area contributed by atoms with Crippen molar-refractivity contribution in [3.05, 3.63) is 48.2 Å². The summed E-state index contributed by atoms with van der Waals surface area (Å²) in [5, 5.41) is 4.20. The van der Waals surface area contributed by atoms with Crippen LogP contribution in [0.4, 0.5) is 4.79 Å². The van der Waals surface area contributed by atoms with Gasteiger partial charge in [0.05, 0.1) is 19.2 Å². The molecule has 0 unspecified atom stereocenters. The average Bonchev–Trinajstić information content (AvgIpc) is 3.29. The molecule has 0 aromatic carbocycles. The molecule has 2 heterocycles. The Labute approximate surface area is 225 Å². The molecule has 0 bridgehead atoms. The first-order chi connectivity index (χ1) is 17.7. The average molecular weight is 531 g/mol. The second-order valence-corrected chi connectivity index (χ2v) is 11.3. The van der Waals surface area contributed by atoms with Crippen molar-refractivity contribution in [1.82, 2.24) is 20.7 Å². The van der Waals surface area contributed by atoms with Crippen LogP contribution in [0.5, 0.6) is 0 Å². The number of nitrogens with zero attached hydrogens (tertiary/aromatic N) is 2. The predicted octanol–water partition coefficient (Wildman–Crippen LogP) is 4.34. The van der Waals surface area contributed by atoms with E-state index in [-0.39, 0.29) is 24.3 Å². The van der Waals surface area contributed by atoms with Gasteiger partial charge in [-0.2, -0.15) is 0 Å². The van der Waals surface area contributed by atoms with Gasteiger partial charge in [0.1, 0.15) is 17.4 Å². The Hall–Kier alpha value is -3.40. The highest BCUT2D eigenvalue weighted by molar-refractivity contribution is 5.85. The van der Waals surface area contributed by atoms with Gasteiger partial charge in [-0.1, -0.05) is 27.0 Å². The van der Waals surface area contributed by atoms with Crippen LogP contribution in [0.3, 0.4) is 0 Å². The molecule has 2 rings (SSSR count). The fourth-order valence-electron chi connectivity index (χ4n) is 3.91. The highest BCUT2D eigenvalue weighted by Gasteiger charge is 2.30.